The van der Waals surface area contributed by atoms with Crippen LogP contribution in [-0.2, 0) is 6.61 Å². The fraction of sp³-hybridized carbons (Fsp3) is 0.200. The van der Waals surface area contributed by atoms with Gasteiger partial charge in [-0.15, -0.1) is 0 Å². The van der Waals surface area contributed by atoms with Crippen LogP contribution in [0.15, 0.2) is 96.3 Å². The van der Waals surface area contributed by atoms with Crippen molar-refractivity contribution < 1.29 is 14.6 Å². The van der Waals surface area contributed by atoms with Crippen molar-refractivity contribution in [3.8, 4) is 17.2 Å². The highest BCUT2D eigenvalue weighted by molar-refractivity contribution is 5.92. The molecule has 3 aromatic rings. The topological polar surface area (TPSA) is 45.2 Å². The number of phenols is 1. The van der Waals surface area contributed by atoms with Crippen molar-refractivity contribution in [1.82, 2.24) is 4.90 Å². The number of aromatic hydroxyl groups is 1. The lowest BCUT2D eigenvalue weighted by Gasteiger charge is -2.31. The number of fused-ring (bicyclic) bond motifs is 2. The van der Waals surface area contributed by atoms with Gasteiger partial charge in [-0.05, 0) is 67.7 Å². The van der Waals surface area contributed by atoms with Gasteiger partial charge in [-0.1, -0.05) is 36.4 Å². The summed E-state index contributed by atoms with van der Waals surface area (Å²) >= 11 is 0. The Bertz CT molecular complexity index is 1330. The van der Waals surface area contributed by atoms with Crippen molar-refractivity contribution in [2.24, 2.45) is 0 Å². The molecule has 178 valence electrons. The smallest absolute Gasteiger partial charge is 0.137 e. The molecule has 1 heterocycles. The van der Waals surface area contributed by atoms with Crippen molar-refractivity contribution in [3.05, 3.63) is 113 Å². The van der Waals surface area contributed by atoms with Gasteiger partial charge >= 0.3 is 0 Å². The van der Waals surface area contributed by atoms with Gasteiger partial charge in [0.25, 0.3) is 0 Å². The summed E-state index contributed by atoms with van der Waals surface area (Å²) in [7, 11) is 8.21. The molecule has 35 heavy (non-hydrogen) atoms. The van der Waals surface area contributed by atoms with Crippen LogP contribution in [0.5, 0.6) is 17.2 Å². The van der Waals surface area contributed by atoms with E-state index in [1.807, 2.05) is 20.2 Å². The highest BCUT2D eigenvalue weighted by atomic mass is 16.5. The molecular formula is C30H30N2O3. The zero-order valence-electron chi connectivity index (χ0n) is 20.5. The van der Waals surface area contributed by atoms with Gasteiger partial charge in [-0.25, -0.2) is 0 Å². The van der Waals surface area contributed by atoms with E-state index in [9.17, 15) is 5.11 Å². The first kappa shape index (κ1) is 22.8. The molecule has 5 rings (SSSR count). The second-order valence-corrected chi connectivity index (χ2v) is 9.25. The van der Waals surface area contributed by atoms with Gasteiger partial charge in [0.15, 0.2) is 0 Å². The lowest BCUT2D eigenvalue weighted by Crippen LogP contribution is -2.27. The number of likely N-dealkylation sites (N-methyl/N-ethyl adjacent to an activating group) is 1. The van der Waals surface area contributed by atoms with Gasteiger partial charge in [0.1, 0.15) is 29.6 Å². The summed E-state index contributed by atoms with van der Waals surface area (Å²) < 4.78 is 12.6. The molecule has 3 aromatic carbocycles. The Kier molecular flexibility index (Phi) is 6.10. The van der Waals surface area contributed by atoms with Crippen LogP contribution in [0.25, 0.3) is 5.57 Å². The average molecular weight is 467 g/mol. The molecule has 1 aliphatic carbocycles. The molecule has 2 aliphatic rings. The Balaban J connectivity index is 1.61. The number of anilines is 1. The average Bonchev–Trinajstić information content (AvgIpc) is 2.86. The number of benzene rings is 3. The van der Waals surface area contributed by atoms with Crippen molar-refractivity contribution in [1.29, 1.82) is 0 Å². The quantitative estimate of drug-likeness (QED) is 0.511. The van der Waals surface area contributed by atoms with E-state index in [0.29, 0.717) is 12.4 Å². The van der Waals surface area contributed by atoms with Gasteiger partial charge in [0, 0.05) is 48.6 Å². The Labute approximate surface area is 206 Å². The summed E-state index contributed by atoms with van der Waals surface area (Å²) in [5.74, 6) is 2.66. The van der Waals surface area contributed by atoms with Crippen LogP contribution in [0, 0.1) is 0 Å². The fourth-order valence-corrected chi connectivity index (χ4v) is 4.42. The zero-order valence-corrected chi connectivity index (χ0v) is 20.5. The fourth-order valence-electron chi connectivity index (χ4n) is 4.42. The number of nitrogens with zero attached hydrogens (tertiary/aromatic N) is 2. The summed E-state index contributed by atoms with van der Waals surface area (Å²) in [6.07, 6.45) is 6.56. The normalized spacial score (nSPS) is 16.4. The van der Waals surface area contributed by atoms with Crippen LogP contribution in [0.1, 0.15) is 16.7 Å². The number of hydrogen-bond donors (Lipinski definition) is 1. The molecule has 0 bridgehead atoms. The van der Waals surface area contributed by atoms with Crippen molar-refractivity contribution >= 4 is 11.3 Å². The van der Waals surface area contributed by atoms with E-state index >= 15 is 0 Å². The van der Waals surface area contributed by atoms with E-state index in [4.69, 9.17) is 9.47 Å². The van der Waals surface area contributed by atoms with E-state index in [2.05, 4.69) is 78.5 Å². The highest BCUT2D eigenvalue weighted by Gasteiger charge is 2.29. The largest absolute Gasteiger partial charge is 0.508 e. The Morgan fingerprint density at radius 1 is 0.914 bits per heavy atom. The summed E-state index contributed by atoms with van der Waals surface area (Å²) in [5, 5.41) is 9.57. The predicted octanol–water partition coefficient (Wildman–Crippen LogP) is 5.62. The standard InChI is InChI=1S/C30H30N2O3/c1-31(2)21-9-15-26-28(17-21)35-29-18-22(32(3)4)10-16-27(29)30(26)25-8-6-5-7-20(25)19-34-24-13-11-23(33)12-14-24/h5-18,21,33H,19H2,1-4H3. The maximum Gasteiger partial charge on any atom is 0.137 e. The maximum atomic E-state index is 9.57. The van der Waals surface area contributed by atoms with Gasteiger partial charge in [0.05, 0.1) is 0 Å². The number of allylic oxidation sites excluding steroid dienone is 1. The van der Waals surface area contributed by atoms with Crippen molar-refractivity contribution in [3.63, 3.8) is 0 Å². The minimum atomic E-state index is 0.168. The molecule has 0 saturated carbocycles. The lowest BCUT2D eigenvalue weighted by molar-refractivity contribution is 0.305. The Morgan fingerprint density at radius 2 is 1.69 bits per heavy atom. The molecule has 1 aliphatic heterocycles. The van der Waals surface area contributed by atoms with E-state index < -0.39 is 0 Å². The van der Waals surface area contributed by atoms with Crippen LogP contribution < -0.4 is 14.4 Å². The van der Waals surface area contributed by atoms with Gasteiger partial charge < -0.3 is 19.5 Å². The second kappa shape index (κ2) is 9.35. The first-order chi connectivity index (χ1) is 16.9. The number of rotatable bonds is 6. The molecule has 0 fully saturated rings. The van der Waals surface area contributed by atoms with Gasteiger partial charge in [-0.2, -0.15) is 0 Å². The first-order valence-corrected chi connectivity index (χ1v) is 11.7. The Morgan fingerprint density at radius 3 is 2.43 bits per heavy atom. The zero-order chi connectivity index (χ0) is 24.5. The van der Waals surface area contributed by atoms with Crippen molar-refractivity contribution in [2.75, 3.05) is 33.1 Å². The molecule has 5 heteroatoms. The van der Waals surface area contributed by atoms with Crippen LogP contribution in [0.2, 0.25) is 0 Å². The minimum Gasteiger partial charge on any atom is -0.508 e. The first-order valence-electron chi connectivity index (χ1n) is 11.7. The summed E-state index contributed by atoms with van der Waals surface area (Å²) in [6, 6.07) is 21.7. The molecule has 1 atom stereocenters. The summed E-state index contributed by atoms with van der Waals surface area (Å²) in [5.41, 5.74) is 6.56. The number of hydrogen-bond acceptors (Lipinski definition) is 5. The molecular weight excluding hydrogens is 436 g/mol. The van der Waals surface area contributed by atoms with Crippen molar-refractivity contribution in [2.45, 2.75) is 12.6 Å². The highest BCUT2D eigenvalue weighted by Crippen LogP contribution is 2.45. The summed E-state index contributed by atoms with van der Waals surface area (Å²) in [6.45, 7) is 0.410. The van der Waals surface area contributed by atoms with E-state index in [1.165, 1.54) is 0 Å². The van der Waals surface area contributed by atoms with Crippen LogP contribution in [0.4, 0.5) is 5.69 Å². The number of ether oxygens (including phenoxy) is 2. The third-order valence-corrected chi connectivity index (χ3v) is 6.40. The van der Waals surface area contributed by atoms with E-state index in [0.717, 1.165) is 45.0 Å². The predicted molar refractivity (Wildman–Crippen MR) is 141 cm³/mol. The molecule has 0 aromatic heterocycles. The van der Waals surface area contributed by atoms with Crippen LogP contribution in [0.3, 0.4) is 0 Å². The maximum absolute atomic E-state index is 9.57. The lowest BCUT2D eigenvalue weighted by atomic mass is 9.85. The third-order valence-electron chi connectivity index (χ3n) is 6.40. The van der Waals surface area contributed by atoms with Crippen LogP contribution >= 0.6 is 0 Å². The Hall–Kier alpha value is -3.96. The molecule has 0 amide bonds. The molecule has 0 radical (unpaired) electrons. The minimum absolute atomic E-state index is 0.168. The third kappa shape index (κ3) is 4.55. The molecule has 0 saturated heterocycles. The van der Waals surface area contributed by atoms with Crippen LogP contribution in [-0.4, -0.2) is 44.2 Å². The SMILES string of the molecule is CN(C)c1ccc2c(c1)OC1=CC(N(C)C)C=CC1=C2c1ccccc1COc1ccc(O)cc1. The second-order valence-electron chi connectivity index (χ2n) is 9.25. The molecule has 1 unspecified atom stereocenters. The van der Waals surface area contributed by atoms with E-state index in [1.54, 1.807) is 24.3 Å². The van der Waals surface area contributed by atoms with E-state index in [-0.39, 0.29) is 11.8 Å². The van der Waals surface area contributed by atoms with Gasteiger partial charge in [-0.3, -0.25) is 4.90 Å². The summed E-state index contributed by atoms with van der Waals surface area (Å²) in [4.78, 5) is 4.24. The van der Waals surface area contributed by atoms with Gasteiger partial charge in [0.2, 0.25) is 0 Å². The monoisotopic (exact) mass is 466 g/mol. The molecule has 5 nitrogen and oxygen atoms in total. The molecule has 1 N–H and O–H groups in total. The molecule has 0 spiro atoms. The number of phenolic OH excluding ortho intramolecular Hbond substituents is 1.